The summed E-state index contributed by atoms with van der Waals surface area (Å²) in [5.41, 5.74) is 1.68. The van der Waals surface area contributed by atoms with Gasteiger partial charge in [0.2, 0.25) is 0 Å². The molecule has 0 aromatic carbocycles. The lowest BCUT2D eigenvalue weighted by Crippen LogP contribution is -2.41. The molecule has 1 fully saturated rings. The average Bonchev–Trinajstić information content (AvgIpc) is 2.81. The number of carbonyl (C=O) groups is 1. The van der Waals surface area contributed by atoms with Crippen LogP contribution in [0.4, 0.5) is 0 Å². The summed E-state index contributed by atoms with van der Waals surface area (Å²) < 4.78 is 17.6. The molecule has 3 heterocycles. The zero-order chi connectivity index (χ0) is 18.9. The van der Waals surface area contributed by atoms with E-state index in [4.69, 9.17) is 14.0 Å². The van der Waals surface area contributed by atoms with Crippen LogP contribution in [0.3, 0.4) is 0 Å². The van der Waals surface area contributed by atoms with E-state index in [0.29, 0.717) is 17.0 Å². The molecule has 7 nitrogen and oxygen atoms in total. The number of pyridine rings is 1. The van der Waals surface area contributed by atoms with Crippen LogP contribution in [-0.2, 0) is 25.4 Å². The first-order valence-electron chi connectivity index (χ1n) is 8.44. The van der Waals surface area contributed by atoms with Gasteiger partial charge in [0, 0.05) is 31.1 Å². The topological polar surface area (TPSA) is 83.4 Å². The Kier molecular flexibility index (Phi) is 4.81. The lowest BCUT2D eigenvalue weighted by Gasteiger charge is -2.32. The zero-order valence-corrected chi connectivity index (χ0v) is 15.6. The Hall–Kier alpha value is -2.32. The molecule has 0 saturated carbocycles. The van der Waals surface area contributed by atoms with Crippen LogP contribution in [0.25, 0.3) is 11.4 Å². The second kappa shape index (κ2) is 6.77. The molecule has 0 radical (unpaired) electrons. The number of hydrogen-bond donors (Lipinski definition) is 0. The molecule has 0 amide bonds. The molecule has 0 atom stereocenters. The second-order valence-electron chi connectivity index (χ2n) is 7.19. The van der Waals surface area contributed by atoms with Crippen LogP contribution in [0.1, 0.15) is 40.2 Å². The first-order chi connectivity index (χ1) is 12.2. The van der Waals surface area contributed by atoms with Crippen LogP contribution in [0.2, 0.25) is 0 Å². The smallest absolute Gasteiger partial charge is 0.461 e. The van der Waals surface area contributed by atoms with E-state index in [9.17, 15) is 4.79 Å². The standard InChI is InChI=1S/C18H22BN3O4/c1-12(23)24-11-13-14(19-25-17(2,3)18(4,5)26-19)6-7-22-16(13)15-10-20-8-9-21-15/h6-10H,11H2,1-5H3. The fraction of sp³-hybridized carbons (Fsp3) is 0.444. The molecule has 0 bridgehead atoms. The summed E-state index contributed by atoms with van der Waals surface area (Å²) in [5, 5.41) is 0. The van der Waals surface area contributed by atoms with E-state index >= 15 is 0 Å². The van der Waals surface area contributed by atoms with Gasteiger partial charge in [-0.15, -0.1) is 0 Å². The molecule has 1 saturated heterocycles. The van der Waals surface area contributed by atoms with Crippen molar-refractivity contribution < 1.29 is 18.8 Å². The molecule has 8 heteroatoms. The maximum Gasteiger partial charge on any atom is 0.495 e. The van der Waals surface area contributed by atoms with Crippen molar-refractivity contribution in [3.05, 3.63) is 36.4 Å². The van der Waals surface area contributed by atoms with E-state index in [-0.39, 0.29) is 12.6 Å². The van der Waals surface area contributed by atoms with Crippen molar-refractivity contribution in [2.45, 2.75) is 52.4 Å². The van der Waals surface area contributed by atoms with Gasteiger partial charge >= 0.3 is 13.1 Å². The van der Waals surface area contributed by atoms with Crippen LogP contribution in [-0.4, -0.2) is 39.2 Å². The van der Waals surface area contributed by atoms with E-state index in [1.54, 1.807) is 24.8 Å². The first-order valence-corrected chi connectivity index (χ1v) is 8.44. The summed E-state index contributed by atoms with van der Waals surface area (Å²) in [6.45, 7) is 9.38. The SMILES string of the molecule is CC(=O)OCc1c(B2OC(C)(C)C(C)(C)O2)ccnc1-c1cnccn1. The third-order valence-corrected chi connectivity index (χ3v) is 4.82. The molecule has 0 aliphatic carbocycles. The first kappa shape index (κ1) is 18.5. The summed E-state index contributed by atoms with van der Waals surface area (Å²) in [6.07, 6.45) is 6.47. The Labute approximate surface area is 153 Å². The number of esters is 1. The molecule has 2 aromatic rings. The van der Waals surface area contributed by atoms with Gasteiger partial charge in [-0.25, -0.2) is 0 Å². The van der Waals surface area contributed by atoms with Gasteiger partial charge in [-0.2, -0.15) is 0 Å². The number of carbonyl (C=O) groups excluding carboxylic acids is 1. The number of hydrogen-bond acceptors (Lipinski definition) is 7. The van der Waals surface area contributed by atoms with Gasteiger partial charge in [-0.3, -0.25) is 19.7 Å². The normalized spacial score (nSPS) is 18.0. The molecule has 3 rings (SSSR count). The zero-order valence-electron chi connectivity index (χ0n) is 15.6. The monoisotopic (exact) mass is 355 g/mol. The van der Waals surface area contributed by atoms with Crippen LogP contribution in [0.15, 0.2) is 30.9 Å². The fourth-order valence-corrected chi connectivity index (χ4v) is 2.67. The van der Waals surface area contributed by atoms with E-state index in [1.807, 2.05) is 33.8 Å². The van der Waals surface area contributed by atoms with E-state index in [2.05, 4.69) is 15.0 Å². The van der Waals surface area contributed by atoms with E-state index < -0.39 is 18.3 Å². The Morgan fingerprint density at radius 1 is 1.12 bits per heavy atom. The largest absolute Gasteiger partial charge is 0.495 e. The van der Waals surface area contributed by atoms with Crippen molar-refractivity contribution in [1.29, 1.82) is 0 Å². The van der Waals surface area contributed by atoms with Crippen LogP contribution in [0, 0.1) is 0 Å². The minimum Gasteiger partial charge on any atom is -0.461 e. The molecular weight excluding hydrogens is 333 g/mol. The van der Waals surface area contributed by atoms with Gasteiger partial charge in [0.1, 0.15) is 12.3 Å². The summed E-state index contributed by atoms with van der Waals surface area (Å²) in [6, 6.07) is 1.82. The van der Waals surface area contributed by atoms with Crippen LogP contribution >= 0.6 is 0 Å². The molecule has 136 valence electrons. The summed E-state index contributed by atoms with van der Waals surface area (Å²) >= 11 is 0. The van der Waals surface area contributed by atoms with Gasteiger partial charge in [-0.1, -0.05) is 0 Å². The molecule has 26 heavy (non-hydrogen) atoms. The number of aromatic nitrogens is 3. The van der Waals surface area contributed by atoms with Gasteiger partial charge in [0.05, 0.1) is 23.1 Å². The molecule has 1 aliphatic rings. The highest BCUT2D eigenvalue weighted by Crippen LogP contribution is 2.37. The van der Waals surface area contributed by atoms with Crippen LogP contribution < -0.4 is 5.46 Å². The lowest BCUT2D eigenvalue weighted by molar-refractivity contribution is -0.142. The predicted octanol–water partition coefficient (Wildman–Crippen LogP) is 1.90. The third kappa shape index (κ3) is 3.47. The minimum absolute atomic E-state index is 0.0501. The molecule has 1 aliphatic heterocycles. The van der Waals surface area contributed by atoms with Gasteiger partial charge in [0.15, 0.2) is 0 Å². The molecule has 0 spiro atoms. The van der Waals surface area contributed by atoms with Crippen molar-refractivity contribution in [2.75, 3.05) is 0 Å². The molecule has 2 aromatic heterocycles. The highest BCUT2D eigenvalue weighted by atomic mass is 16.7. The predicted molar refractivity (Wildman–Crippen MR) is 96.4 cm³/mol. The van der Waals surface area contributed by atoms with Crippen molar-refractivity contribution in [3.63, 3.8) is 0 Å². The number of rotatable bonds is 4. The highest BCUT2D eigenvalue weighted by Gasteiger charge is 2.52. The quantitative estimate of drug-likeness (QED) is 0.612. The minimum atomic E-state index is -0.594. The summed E-state index contributed by atoms with van der Waals surface area (Å²) in [4.78, 5) is 24.2. The van der Waals surface area contributed by atoms with Crippen molar-refractivity contribution in [2.24, 2.45) is 0 Å². The van der Waals surface area contributed by atoms with Crippen LogP contribution in [0.5, 0.6) is 0 Å². The van der Waals surface area contributed by atoms with Gasteiger partial charge < -0.3 is 14.0 Å². The lowest BCUT2D eigenvalue weighted by atomic mass is 9.75. The third-order valence-electron chi connectivity index (χ3n) is 4.82. The molecule has 0 N–H and O–H groups in total. The molecular formula is C18H22BN3O4. The van der Waals surface area contributed by atoms with E-state index in [0.717, 1.165) is 5.46 Å². The maximum absolute atomic E-state index is 11.4. The van der Waals surface area contributed by atoms with Gasteiger partial charge in [0.25, 0.3) is 0 Å². The van der Waals surface area contributed by atoms with Crippen molar-refractivity contribution in [3.8, 4) is 11.4 Å². The Balaban J connectivity index is 2.06. The number of nitrogens with zero attached hydrogens (tertiary/aromatic N) is 3. The Morgan fingerprint density at radius 3 is 2.38 bits per heavy atom. The summed E-state index contributed by atoms with van der Waals surface area (Å²) in [7, 11) is -0.594. The average molecular weight is 355 g/mol. The van der Waals surface area contributed by atoms with Crippen molar-refractivity contribution >= 4 is 18.6 Å². The second-order valence-corrected chi connectivity index (χ2v) is 7.19. The Bertz CT molecular complexity index is 795. The van der Waals surface area contributed by atoms with Gasteiger partial charge in [-0.05, 0) is 39.2 Å². The molecule has 0 unspecified atom stereocenters. The maximum atomic E-state index is 11.4. The summed E-state index contributed by atoms with van der Waals surface area (Å²) in [5.74, 6) is -0.376. The van der Waals surface area contributed by atoms with Crippen molar-refractivity contribution in [1.82, 2.24) is 15.0 Å². The Morgan fingerprint density at radius 2 is 1.81 bits per heavy atom. The number of ether oxygens (including phenoxy) is 1. The highest BCUT2D eigenvalue weighted by molar-refractivity contribution is 6.62. The van der Waals surface area contributed by atoms with E-state index in [1.165, 1.54) is 6.92 Å². The fourth-order valence-electron chi connectivity index (χ4n) is 2.67.